The lowest BCUT2D eigenvalue weighted by Crippen LogP contribution is -2.22. The Morgan fingerprint density at radius 3 is 2.76 bits per heavy atom. The molecule has 9 nitrogen and oxygen atoms in total. The number of carbonyl (C=O) groups excluding carboxylic acids is 1. The predicted molar refractivity (Wildman–Crippen MR) is 132 cm³/mol. The van der Waals surface area contributed by atoms with E-state index in [9.17, 15) is 9.59 Å². The molecule has 0 unspecified atom stereocenters. The lowest BCUT2D eigenvalue weighted by molar-refractivity contribution is -0.113. The SMILES string of the molecule is COc1ccc(Cl)cc1NC(=O)CSc1nnc(Cc2c(C)nc3ccc(C)cn3c2=O)n1C. The van der Waals surface area contributed by atoms with Crippen LogP contribution < -0.4 is 15.6 Å². The molecular weight excluding hydrogens is 476 g/mol. The molecule has 4 rings (SSSR count). The number of halogens is 1. The molecule has 0 bridgehead atoms. The van der Waals surface area contributed by atoms with Gasteiger partial charge in [-0.25, -0.2) is 4.98 Å². The van der Waals surface area contributed by atoms with Gasteiger partial charge in [0.05, 0.1) is 18.6 Å². The normalized spacial score (nSPS) is 11.1. The van der Waals surface area contributed by atoms with E-state index in [1.807, 2.05) is 26.0 Å². The van der Waals surface area contributed by atoms with Crippen LogP contribution in [0.15, 0.2) is 46.5 Å². The monoisotopic (exact) mass is 498 g/mol. The minimum atomic E-state index is -0.238. The van der Waals surface area contributed by atoms with Crippen molar-refractivity contribution in [1.29, 1.82) is 0 Å². The second-order valence-electron chi connectivity index (χ2n) is 7.73. The third kappa shape index (κ3) is 4.92. The maximum Gasteiger partial charge on any atom is 0.261 e. The van der Waals surface area contributed by atoms with Crippen LogP contribution in [0.1, 0.15) is 22.6 Å². The van der Waals surface area contributed by atoms with Crippen molar-refractivity contribution in [3.05, 3.63) is 74.6 Å². The maximum atomic E-state index is 13.1. The number of carbonyl (C=O) groups is 1. The van der Waals surface area contributed by atoms with Gasteiger partial charge in [-0.3, -0.25) is 14.0 Å². The first-order valence-electron chi connectivity index (χ1n) is 10.4. The van der Waals surface area contributed by atoms with Gasteiger partial charge in [0.25, 0.3) is 5.56 Å². The number of aryl methyl sites for hydroxylation is 2. The number of nitrogens with zero attached hydrogens (tertiary/aromatic N) is 5. The first-order chi connectivity index (χ1) is 16.3. The largest absolute Gasteiger partial charge is 0.495 e. The van der Waals surface area contributed by atoms with Crippen molar-refractivity contribution in [2.24, 2.45) is 7.05 Å². The second kappa shape index (κ2) is 9.86. The maximum absolute atomic E-state index is 13.1. The third-order valence-corrected chi connectivity index (χ3v) is 6.55. The highest BCUT2D eigenvalue weighted by atomic mass is 35.5. The minimum Gasteiger partial charge on any atom is -0.495 e. The van der Waals surface area contributed by atoms with E-state index in [2.05, 4.69) is 20.5 Å². The lowest BCUT2D eigenvalue weighted by Gasteiger charge is -2.10. The number of pyridine rings is 1. The van der Waals surface area contributed by atoms with Crippen molar-refractivity contribution in [3.8, 4) is 5.75 Å². The molecule has 1 N–H and O–H groups in total. The molecule has 176 valence electrons. The topological polar surface area (TPSA) is 103 Å². The summed E-state index contributed by atoms with van der Waals surface area (Å²) in [6.45, 7) is 3.74. The zero-order valence-corrected chi connectivity index (χ0v) is 20.7. The highest BCUT2D eigenvalue weighted by Crippen LogP contribution is 2.28. The number of ether oxygens (including phenoxy) is 1. The van der Waals surface area contributed by atoms with E-state index < -0.39 is 0 Å². The van der Waals surface area contributed by atoms with Crippen molar-refractivity contribution in [2.75, 3.05) is 18.2 Å². The Kier molecular flexibility index (Phi) is 6.90. The summed E-state index contributed by atoms with van der Waals surface area (Å²) < 4.78 is 8.59. The van der Waals surface area contributed by atoms with E-state index in [0.717, 1.165) is 5.56 Å². The Hall–Kier alpha value is -3.37. The molecule has 0 aliphatic carbocycles. The number of hydrogen-bond acceptors (Lipinski definition) is 7. The van der Waals surface area contributed by atoms with Gasteiger partial charge in [0, 0.05) is 35.9 Å². The molecule has 3 heterocycles. The van der Waals surface area contributed by atoms with Crippen molar-refractivity contribution in [1.82, 2.24) is 24.1 Å². The number of rotatable bonds is 7. The highest BCUT2D eigenvalue weighted by Gasteiger charge is 2.17. The van der Waals surface area contributed by atoms with Crippen LogP contribution in [-0.2, 0) is 18.3 Å². The van der Waals surface area contributed by atoms with Crippen molar-refractivity contribution >= 4 is 40.6 Å². The molecular formula is C23H23ClN6O3S. The molecule has 0 spiro atoms. The first-order valence-corrected chi connectivity index (χ1v) is 11.8. The standard InChI is InChI=1S/C23H23ClN6O3S/c1-13-5-8-19-25-14(2)16(22(32)30(19)11-13)10-20-27-28-23(29(20)3)34-12-21(31)26-17-9-15(24)6-7-18(17)33-4/h5-9,11H,10,12H2,1-4H3,(H,26,31). The molecule has 0 saturated heterocycles. The predicted octanol–water partition coefficient (Wildman–Crippen LogP) is 3.42. The molecule has 0 aliphatic heterocycles. The van der Waals surface area contributed by atoms with E-state index in [0.29, 0.717) is 44.3 Å². The molecule has 0 atom stereocenters. The fraction of sp³-hybridized carbons (Fsp3) is 0.261. The second-order valence-corrected chi connectivity index (χ2v) is 9.11. The number of methoxy groups -OCH3 is 1. The Morgan fingerprint density at radius 2 is 2.00 bits per heavy atom. The molecule has 0 aliphatic rings. The van der Waals surface area contributed by atoms with Crippen molar-refractivity contribution < 1.29 is 9.53 Å². The molecule has 0 fully saturated rings. The van der Waals surface area contributed by atoms with Gasteiger partial charge >= 0.3 is 0 Å². The van der Waals surface area contributed by atoms with Crippen LogP contribution in [0.3, 0.4) is 0 Å². The zero-order chi connectivity index (χ0) is 24.4. The smallest absolute Gasteiger partial charge is 0.261 e. The lowest BCUT2D eigenvalue weighted by atomic mass is 10.1. The van der Waals surface area contributed by atoms with Crippen molar-refractivity contribution in [2.45, 2.75) is 25.4 Å². The number of hydrogen-bond donors (Lipinski definition) is 1. The molecule has 1 amide bonds. The Labute approximate surface area is 205 Å². The Morgan fingerprint density at radius 1 is 1.21 bits per heavy atom. The number of fused-ring (bicyclic) bond motifs is 1. The summed E-state index contributed by atoms with van der Waals surface area (Å²) in [6, 6.07) is 8.75. The van der Waals surface area contributed by atoms with E-state index in [1.54, 1.807) is 40.4 Å². The van der Waals surface area contributed by atoms with Crippen LogP contribution in [0, 0.1) is 13.8 Å². The first kappa shape index (κ1) is 23.8. The van der Waals surface area contributed by atoms with Gasteiger partial charge in [-0.15, -0.1) is 10.2 Å². The minimum absolute atomic E-state index is 0.111. The van der Waals surface area contributed by atoms with Crippen LogP contribution in [0.4, 0.5) is 5.69 Å². The number of aromatic nitrogens is 5. The summed E-state index contributed by atoms with van der Waals surface area (Å²) in [5.41, 5.74) is 3.15. The van der Waals surface area contributed by atoms with Crippen LogP contribution in [0.5, 0.6) is 5.75 Å². The average Bonchev–Trinajstić information content (AvgIpc) is 3.15. The van der Waals surface area contributed by atoms with Crippen LogP contribution in [0.2, 0.25) is 5.02 Å². The van der Waals surface area contributed by atoms with E-state index in [4.69, 9.17) is 16.3 Å². The summed E-state index contributed by atoms with van der Waals surface area (Å²) in [6.07, 6.45) is 2.06. The van der Waals surface area contributed by atoms with E-state index in [1.165, 1.54) is 18.9 Å². The van der Waals surface area contributed by atoms with Gasteiger partial charge < -0.3 is 14.6 Å². The van der Waals surface area contributed by atoms with Gasteiger partial charge in [-0.2, -0.15) is 0 Å². The third-order valence-electron chi connectivity index (χ3n) is 5.30. The summed E-state index contributed by atoms with van der Waals surface area (Å²) >= 11 is 7.26. The fourth-order valence-electron chi connectivity index (χ4n) is 3.47. The number of benzene rings is 1. The van der Waals surface area contributed by atoms with Gasteiger partial charge in [-0.1, -0.05) is 29.4 Å². The number of amides is 1. The highest BCUT2D eigenvalue weighted by molar-refractivity contribution is 7.99. The molecule has 4 aromatic rings. The number of anilines is 1. The van der Waals surface area contributed by atoms with Gasteiger partial charge in [0.2, 0.25) is 5.91 Å². The summed E-state index contributed by atoms with van der Waals surface area (Å²) in [4.78, 5) is 30.1. The van der Waals surface area contributed by atoms with Gasteiger partial charge in [0.1, 0.15) is 17.2 Å². The summed E-state index contributed by atoms with van der Waals surface area (Å²) in [5.74, 6) is 0.997. The Balaban J connectivity index is 1.48. The fourth-order valence-corrected chi connectivity index (χ4v) is 4.37. The summed E-state index contributed by atoms with van der Waals surface area (Å²) in [5, 5.41) is 12.3. The van der Waals surface area contributed by atoms with Crippen LogP contribution >= 0.6 is 23.4 Å². The van der Waals surface area contributed by atoms with E-state index >= 15 is 0 Å². The molecule has 0 saturated carbocycles. The Bertz CT molecular complexity index is 1450. The van der Waals surface area contributed by atoms with Gasteiger partial charge in [-0.05, 0) is 43.7 Å². The molecule has 34 heavy (non-hydrogen) atoms. The number of nitrogens with one attached hydrogen (secondary N) is 1. The van der Waals surface area contributed by atoms with Crippen LogP contribution in [-0.4, -0.2) is 42.9 Å². The van der Waals surface area contributed by atoms with E-state index in [-0.39, 0.29) is 23.6 Å². The van der Waals surface area contributed by atoms with Gasteiger partial charge in [0.15, 0.2) is 5.16 Å². The average molecular weight is 499 g/mol. The number of thioether (sulfide) groups is 1. The zero-order valence-electron chi connectivity index (χ0n) is 19.1. The molecule has 3 aromatic heterocycles. The van der Waals surface area contributed by atoms with Crippen LogP contribution in [0.25, 0.3) is 5.65 Å². The molecule has 11 heteroatoms. The summed E-state index contributed by atoms with van der Waals surface area (Å²) in [7, 11) is 3.33. The molecule has 1 aromatic carbocycles. The molecule has 0 radical (unpaired) electrons. The quantitative estimate of drug-likeness (QED) is 0.389. The van der Waals surface area contributed by atoms with Crippen molar-refractivity contribution in [3.63, 3.8) is 0 Å².